The number of pyridine rings is 2. The highest BCUT2D eigenvalue weighted by molar-refractivity contribution is 6.03. The lowest BCUT2D eigenvalue weighted by Gasteiger charge is -2.35. The first kappa shape index (κ1) is 13.7. The van der Waals surface area contributed by atoms with E-state index in [9.17, 15) is 0 Å². The zero-order chi connectivity index (χ0) is 16.5. The zero-order valence-corrected chi connectivity index (χ0v) is 14.1. The summed E-state index contributed by atoms with van der Waals surface area (Å²) in [5.41, 5.74) is 7.28. The second-order valence-corrected chi connectivity index (χ2v) is 7.29. The number of aromatic nitrogens is 2. The van der Waals surface area contributed by atoms with Gasteiger partial charge in [0.15, 0.2) is 0 Å². The molecule has 24 heavy (non-hydrogen) atoms. The zero-order valence-electron chi connectivity index (χ0n) is 14.1. The Balaban J connectivity index is 2.02. The Bertz CT molecular complexity index is 1140. The van der Waals surface area contributed by atoms with E-state index in [-0.39, 0.29) is 5.41 Å². The summed E-state index contributed by atoms with van der Waals surface area (Å²) in [6.07, 6.45) is 3.78. The molecule has 2 aromatic heterocycles. The first-order valence-corrected chi connectivity index (χ1v) is 8.35. The van der Waals surface area contributed by atoms with Crippen LogP contribution in [0.4, 0.5) is 0 Å². The Hall–Kier alpha value is -2.74. The van der Waals surface area contributed by atoms with Gasteiger partial charge in [-0.2, -0.15) is 0 Å². The summed E-state index contributed by atoms with van der Waals surface area (Å²) in [6, 6.07) is 15.3. The predicted molar refractivity (Wildman–Crippen MR) is 99.3 cm³/mol. The summed E-state index contributed by atoms with van der Waals surface area (Å²) in [5.74, 6) is 0. The minimum Gasteiger partial charge on any atom is -0.256 e. The van der Waals surface area contributed by atoms with Crippen molar-refractivity contribution in [3.63, 3.8) is 0 Å². The molecule has 0 fully saturated rings. The van der Waals surface area contributed by atoms with Crippen molar-refractivity contribution in [3.05, 3.63) is 71.5 Å². The van der Waals surface area contributed by atoms with E-state index in [0.717, 1.165) is 11.2 Å². The van der Waals surface area contributed by atoms with Crippen molar-refractivity contribution in [3.8, 4) is 11.3 Å². The number of nitrogens with zero attached hydrogens (tertiary/aromatic N) is 2. The number of benzene rings is 2. The summed E-state index contributed by atoms with van der Waals surface area (Å²) in [5, 5.41) is 3.75. The van der Waals surface area contributed by atoms with Gasteiger partial charge in [0.1, 0.15) is 0 Å². The largest absolute Gasteiger partial charge is 0.256 e. The highest BCUT2D eigenvalue weighted by atomic mass is 14.7. The number of rotatable bonds is 0. The molecule has 0 unspecified atom stereocenters. The third-order valence-corrected chi connectivity index (χ3v) is 5.35. The number of hydrogen-bond acceptors (Lipinski definition) is 2. The average molecular weight is 310 g/mol. The lowest BCUT2D eigenvalue weighted by atomic mass is 9.69. The third-order valence-electron chi connectivity index (χ3n) is 5.35. The number of hydrogen-bond donors (Lipinski definition) is 0. The van der Waals surface area contributed by atoms with Gasteiger partial charge < -0.3 is 0 Å². The molecule has 0 N–H and O–H groups in total. The molecule has 0 aliphatic heterocycles. The van der Waals surface area contributed by atoms with Crippen LogP contribution in [0.5, 0.6) is 0 Å². The standard InChI is InChI=1S/C22H18N2/c1-13-9-15-6-8-24-21-16-12-19-14(5-4-7-23-19)11-17(16)22(2,3)18(10-13)20(15)21/h4-12H,1-3H3. The van der Waals surface area contributed by atoms with E-state index >= 15 is 0 Å². The lowest BCUT2D eigenvalue weighted by molar-refractivity contribution is 0.644. The van der Waals surface area contributed by atoms with Gasteiger partial charge in [-0.3, -0.25) is 9.97 Å². The maximum absolute atomic E-state index is 4.75. The Kier molecular flexibility index (Phi) is 2.52. The summed E-state index contributed by atoms with van der Waals surface area (Å²) in [6.45, 7) is 6.81. The van der Waals surface area contributed by atoms with Crippen LogP contribution in [-0.2, 0) is 5.41 Å². The third kappa shape index (κ3) is 1.66. The van der Waals surface area contributed by atoms with E-state index in [0.29, 0.717) is 0 Å². The maximum Gasteiger partial charge on any atom is 0.0787 e. The molecule has 116 valence electrons. The molecule has 4 aromatic rings. The SMILES string of the molecule is Cc1cc2c3c(nccc3c1)-c1cc3ncccc3cc1C2(C)C. The molecular formula is C22H18N2. The Labute approximate surface area is 141 Å². The first-order chi connectivity index (χ1) is 11.6. The van der Waals surface area contributed by atoms with Gasteiger partial charge in [-0.25, -0.2) is 0 Å². The number of fused-ring (bicyclic) bond motifs is 3. The Morgan fingerprint density at radius 2 is 1.71 bits per heavy atom. The normalized spacial score (nSPS) is 14.8. The van der Waals surface area contributed by atoms with Gasteiger partial charge in [-0.15, -0.1) is 0 Å². The smallest absolute Gasteiger partial charge is 0.0787 e. The molecule has 2 aromatic carbocycles. The lowest BCUT2D eigenvalue weighted by Crippen LogP contribution is -2.24. The highest BCUT2D eigenvalue weighted by Gasteiger charge is 2.34. The van der Waals surface area contributed by atoms with Gasteiger partial charge in [-0.05, 0) is 47.7 Å². The van der Waals surface area contributed by atoms with Crippen LogP contribution in [-0.4, -0.2) is 9.97 Å². The van der Waals surface area contributed by atoms with E-state index < -0.39 is 0 Å². The van der Waals surface area contributed by atoms with Crippen LogP contribution < -0.4 is 0 Å². The average Bonchev–Trinajstić information content (AvgIpc) is 2.58. The topological polar surface area (TPSA) is 25.8 Å². The van der Waals surface area contributed by atoms with Gasteiger partial charge in [0.25, 0.3) is 0 Å². The monoisotopic (exact) mass is 310 g/mol. The highest BCUT2D eigenvalue weighted by Crippen LogP contribution is 2.48. The fourth-order valence-corrected chi connectivity index (χ4v) is 4.14. The van der Waals surface area contributed by atoms with Crippen LogP contribution in [0.15, 0.2) is 54.9 Å². The fourth-order valence-electron chi connectivity index (χ4n) is 4.14. The van der Waals surface area contributed by atoms with Crippen LogP contribution in [0.2, 0.25) is 0 Å². The van der Waals surface area contributed by atoms with E-state index in [1.165, 1.54) is 38.4 Å². The summed E-state index contributed by atoms with van der Waals surface area (Å²) in [4.78, 5) is 9.30. The molecule has 5 rings (SSSR count). The number of aryl methyl sites for hydroxylation is 1. The van der Waals surface area contributed by atoms with E-state index in [2.05, 4.69) is 62.2 Å². The molecule has 2 nitrogen and oxygen atoms in total. The second kappa shape index (κ2) is 4.41. The molecule has 1 aliphatic rings. The fraction of sp³-hybridized carbons (Fsp3) is 0.182. The molecular weight excluding hydrogens is 292 g/mol. The molecule has 2 heterocycles. The van der Waals surface area contributed by atoms with Crippen molar-refractivity contribution in [1.29, 1.82) is 0 Å². The van der Waals surface area contributed by atoms with Crippen molar-refractivity contribution in [2.75, 3.05) is 0 Å². The summed E-state index contributed by atoms with van der Waals surface area (Å²) < 4.78 is 0. The summed E-state index contributed by atoms with van der Waals surface area (Å²) >= 11 is 0. The molecule has 0 amide bonds. The van der Waals surface area contributed by atoms with Crippen LogP contribution in [0.3, 0.4) is 0 Å². The van der Waals surface area contributed by atoms with Crippen molar-refractivity contribution in [2.45, 2.75) is 26.2 Å². The molecule has 0 atom stereocenters. The van der Waals surface area contributed by atoms with Crippen LogP contribution >= 0.6 is 0 Å². The summed E-state index contributed by atoms with van der Waals surface area (Å²) in [7, 11) is 0. The molecule has 0 saturated heterocycles. The molecule has 0 saturated carbocycles. The minimum absolute atomic E-state index is 0.0559. The first-order valence-electron chi connectivity index (χ1n) is 8.35. The Morgan fingerprint density at radius 1 is 0.833 bits per heavy atom. The van der Waals surface area contributed by atoms with Gasteiger partial charge >= 0.3 is 0 Å². The van der Waals surface area contributed by atoms with Crippen LogP contribution in [0, 0.1) is 6.92 Å². The van der Waals surface area contributed by atoms with Crippen molar-refractivity contribution in [2.24, 2.45) is 0 Å². The van der Waals surface area contributed by atoms with Crippen molar-refractivity contribution < 1.29 is 0 Å². The second-order valence-electron chi connectivity index (χ2n) is 7.29. The minimum atomic E-state index is -0.0559. The van der Waals surface area contributed by atoms with Crippen LogP contribution in [0.1, 0.15) is 30.5 Å². The van der Waals surface area contributed by atoms with Crippen LogP contribution in [0.25, 0.3) is 32.9 Å². The molecule has 1 aliphatic carbocycles. The van der Waals surface area contributed by atoms with E-state index in [4.69, 9.17) is 4.98 Å². The predicted octanol–water partition coefficient (Wildman–Crippen LogP) is 5.40. The van der Waals surface area contributed by atoms with Crippen molar-refractivity contribution in [1.82, 2.24) is 9.97 Å². The Morgan fingerprint density at radius 3 is 2.58 bits per heavy atom. The van der Waals surface area contributed by atoms with E-state index in [1.54, 1.807) is 0 Å². The quantitative estimate of drug-likeness (QED) is 0.435. The van der Waals surface area contributed by atoms with Gasteiger partial charge in [0, 0.05) is 34.1 Å². The molecule has 2 heteroatoms. The van der Waals surface area contributed by atoms with Gasteiger partial charge in [-0.1, -0.05) is 37.6 Å². The maximum atomic E-state index is 4.75. The molecule has 0 bridgehead atoms. The van der Waals surface area contributed by atoms with Gasteiger partial charge in [0.05, 0.1) is 11.2 Å². The van der Waals surface area contributed by atoms with Crippen molar-refractivity contribution >= 4 is 21.7 Å². The molecule has 0 radical (unpaired) electrons. The molecule has 0 spiro atoms. The van der Waals surface area contributed by atoms with Gasteiger partial charge in [0.2, 0.25) is 0 Å². The van der Waals surface area contributed by atoms with E-state index in [1.807, 2.05) is 18.5 Å².